The molecule has 6 heteroatoms. The van der Waals surface area contributed by atoms with Gasteiger partial charge in [-0.15, -0.1) is 0 Å². The summed E-state index contributed by atoms with van der Waals surface area (Å²) in [6, 6.07) is 3.94. The van der Waals surface area contributed by atoms with E-state index in [1.165, 1.54) is 22.8 Å². The molecule has 1 aliphatic heterocycles. The summed E-state index contributed by atoms with van der Waals surface area (Å²) in [6.07, 6.45) is 1.92. The van der Waals surface area contributed by atoms with Crippen LogP contribution in [0.2, 0.25) is 0 Å². The SMILES string of the molecule is Cc1c(C(=O)O)c2cccc(F)c2c(=O)n1[C@@H](C)C1CCCN1. The van der Waals surface area contributed by atoms with Gasteiger partial charge in [0.2, 0.25) is 0 Å². The van der Waals surface area contributed by atoms with E-state index in [2.05, 4.69) is 5.32 Å². The van der Waals surface area contributed by atoms with Crippen LogP contribution in [0, 0.1) is 12.7 Å². The maximum Gasteiger partial charge on any atom is 0.338 e. The highest BCUT2D eigenvalue weighted by atomic mass is 19.1. The lowest BCUT2D eigenvalue weighted by Crippen LogP contribution is -2.38. The molecule has 0 aliphatic carbocycles. The van der Waals surface area contributed by atoms with Gasteiger partial charge in [-0.2, -0.15) is 0 Å². The normalized spacial score (nSPS) is 19.2. The summed E-state index contributed by atoms with van der Waals surface area (Å²) in [7, 11) is 0. The molecule has 3 rings (SSSR count). The fraction of sp³-hybridized carbons (Fsp3) is 0.412. The number of benzene rings is 1. The minimum Gasteiger partial charge on any atom is -0.478 e. The Bertz CT molecular complexity index is 838. The van der Waals surface area contributed by atoms with E-state index < -0.39 is 17.3 Å². The summed E-state index contributed by atoms with van der Waals surface area (Å²) in [6.45, 7) is 4.35. The van der Waals surface area contributed by atoms with Gasteiger partial charge in [0.25, 0.3) is 5.56 Å². The summed E-state index contributed by atoms with van der Waals surface area (Å²) in [5.41, 5.74) is -0.118. The second-order valence-electron chi connectivity index (χ2n) is 6.05. The number of carboxylic acids is 1. The van der Waals surface area contributed by atoms with Crippen molar-refractivity contribution in [1.29, 1.82) is 0 Å². The standard InChI is InChI=1S/C17H19FN2O3/c1-9(13-7-4-8-19-13)20-10(2)14(17(22)23)11-5-3-6-12(18)15(11)16(20)21/h3,5-6,9,13,19H,4,7-8H2,1-2H3,(H,22,23)/t9-,13?/m0/s1. The molecule has 0 spiro atoms. The topological polar surface area (TPSA) is 71.3 Å². The molecule has 1 aromatic heterocycles. The molecule has 2 aromatic rings. The Morgan fingerprint density at radius 3 is 2.83 bits per heavy atom. The highest BCUT2D eigenvalue weighted by Gasteiger charge is 2.28. The van der Waals surface area contributed by atoms with Crippen LogP contribution in [0.4, 0.5) is 4.39 Å². The maximum absolute atomic E-state index is 14.2. The molecule has 5 nitrogen and oxygen atoms in total. The summed E-state index contributed by atoms with van der Waals surface area (Å²) >= 11 is 0. The first-order valence-electron chi connectivity index (χ1n) is 7.73. The van der Waals surface area contributed by atoms with Crippen LogP contribution in [0.15, 0.2) is 23.0 Å². The highest BCUT2D eigenvalue weighted by Crippen LogP contribution is 2.26. The van der Waals surface area contributed by atoms with E-state index in [-0.39, 0.29) is 28.4 Å². The Hall–Kier alpha value is -2.21. The average Bonchev–Trinajstić information content (AvgIpc) is 3.00. The van der Waals surface area contributed by atoms with Gasteiger partial charge in [0.1, 0.15) is 5.82 Å². The molecule has 2 N–H and O–H groups in total. The van der Waals surface area contributed by atoms with Crippen molar-refractivity contribution < 1.29 is 14.3 Å². The van der Waals surface area contributed by atoms with Crippen molar-refractivity contribution in [2.75, 3.05) is 6.54 Å². The summed E-state index contributed by atoms with van der Waals surface area (Å²) in [4.78, 5) is 24.5. The van der Waals surface area contributed by atoms with Gasteiger partial charge in [-0.3, -0.25) is 4.79 Å². The molecule has 2 atom stereocenters. The number of rotatable bonds is 3. The molecule has 1 saturated heterocycles. The van der Waals surface area contributed by atoms with Crippen LogP contribution in [0.3, 0.4) is 0 Å². The van der Waals surface area contributed by atoms with Gasteiger partial charge in [-0.05, 0) is 39.3 Å². The van der Waals surface area contributed by atoms with Gasteiger partial charge in [-0.1, -0.05) is 12.1 Å². The Kier molecular flexibility index (Phi) is 3.93. The van der Waals surface area contributed by atoms with E-state index in [0.29, 0.717) is 5.69 Å². The molecule has 0 radical (unpaired) electrons. The first kappa shape index (κ1) is 15.7. The van der Waals surface area contributed by atoms with Crippen molar-refractivity contribution >= 4 is 16.7 Å². The van der Waals surface area contributed by atoms with Gasteiger partial charge in [0.15, 0.2) is 0 Å². The van der Waals surface area contributed by atoms with Crippen LogP contribution < -0.4 is 10.9 Å². The van der Waals surface area contributed by atoms with Crippen LogP contribution in [-0.2, 0) is 0 Å². The Morgan fingerprint density at radius 2 is 2.22 bits per heavy atom. The van der Waals surface area contributed by atoms with Gasteiger partial charge < -0.3 is 15.0 Å². The van der Waals surface area contributed by atoms with Crippen molar-refractivity contribution in [3.63, 3.8) is 0 Å². The lowest BCUT2D eigenvalue weighted by molar-refractivity contribution is 0.0697. The number of nitrogens with zero attached hydrogens (tertiary/aromatic N) is 1. The van der Waals surface area contributed by atoms with E-state index >= 15 is 0 Å². The molecular weight excluding hydrogens is 299 g/mol. The molecule has 2 heterocycles. The quantitative estimate of drug-likeness (QED) is 0.912. The van der Waals surface area contributed by atoms with Gasteiger partial charge in [0, 0.05) is 23.2 Å². The number of aromatic carboxylic acids is 1. The largest absolute Gasteiger partial charge is 0.478 e. The molecule has 23 heavy (non-hydrogen) atoms. The summed E-state index contributed by atoms with van der Waals surface area (Å²) < 4.78 is 15.6. The lowest BCUT2D eigenvalue weighted by atomic mass is 10.0. The molecule has 1 fully saturated rings. The number of carbonyl (C=O) groups is 1. The van der Waals surface area contributed by atoms with E-state index in [1.54, 1.807) is 6.92 Å². The smallest absolute Gasteiger partial charge is 0.338 e. The Labute approximate surface area is 132 Å². The zero-order chi connectivity index (χ0) is 16.7. The third-order valence-corrected chi connectivity index (χ3v) is 4.74. The summed E-state index contributed by atoms with van der Waals surface area (Å²) in [5.74, 6) is -1.84. The average molecular weight is 318 g/mol. The molecule has 1 unspecified atom stereocenters. The number of nitrogens with one attached hydrogen (secondary N) is 1. The van der Waals surface area contributed by atoms with Crippen LogP contribution in [0.5, 0.6) is 0 Å². The van der Waals surface area contributed by atoms with Crippen molar-refractivity contribution in [3.8, 4) is 0 Å². The molecule has 122 valence electrons. The minimum atomic E-state index is -1.15. The third kappa shape index (κ3) is 2.43. The lowest BCUT2D eigenvalue weighted by Gasteiger charge is -2.26. The summed E-state index contributed by atoms with van der Waals surface area (Å²) in [5, 5.41) is 12.9. The van der Waals surface area contributed by atoms with Gasteiger partial charge >= 0.3 is 5.97 Å². The van der Waals surface area contributed by atoms with Gasteiger partial charge in [-0.25, -0.2) is 9.18 Å². The number of hydrogen-bond donors (Lipinski definition) is 2. The molecule has 0 bridgehead atoms. The minimum absolute atomic E-state index is 0.0102. The number of halogens is 1. The molecule has 0 saturated carbocycles. The van der Waals surface area contributed by atoms with E-state index in [4.69, 9.17) is 0 Å². The Balaban J connectivity index is 2.36. The predicted octanol–water partition coefficient (Wildman–Crippen LogP) is 2.46. The van der Waals surface area contributed by atoms with Crippen LogP contribution >= 0.6 is 0 Å². The number of pyridine rings is 1. The van der Waals surface area contributed by atoms with E-state index in [9.17, 15) is 19.1 Å². The number of hydrogen-bond acceptors (Lipinski definition) is 3. The second-order valence-corrected chi connectivity index (χ2v) is 6.05. The van der Waals surface area contributed by atoms with E-state index in [0.717, 1.165) is 19.4 Å². The zero-order valence-electron chi connectivity index (χ0n) is 13.1. The first-order chi connectivity index (χ1) is 10.9. The fourth-order valence-electron chi connectivity index (χ4n) is 3.60. The van der Waals surface area contributed by atoms with Crippen LogP contribution in [0.25, 0.3) is 10.8 Å². The highest BCUT2D eigenvalue weighted by molar-refractivity contribution is 6.04. The predicted molar refractivity (Wildman–Crippen MR) is 85.6 cm³/mol. The van der Waals surface area contributed by atoms with Crippen molar-refractivity contribution in [2.24, 2.45) is 0 Å². The van der Waals surface area contributed by atoms with Crippen molar-refractivity contribution in [2.45, 2.75) is 38.8 Å². The molecule has 1 aromatic carbocycles. The Morgan fingerprint density at radius 1 is 1.48 bits per heavy atom. The number of carboxylic acid groups (broad SMARTS) is 1. The maximum atomic E-state index is 14.2. The van der Waals surface area contributed by atoms with Gasteiger partial charge in [0.05, 0.1) is 10.9 Å². The second kappa shape index (κ2) is 5.77. The van der Waals surface area contributed by atoms with Crippen LogP contribution in [-0.4, -0.2) is 28.2 Å². The zero-order valence-corrected chi connectivity index (χ0v) is 13.1. The van der Waals surface area contributed by atoms with E-state index in [1.807, 2.05) is 6.92 Å². The number of aromatic nitrogens is 1. The molecule has 0 amide bonds. The number of fused-ring (bicyclic) bond motifs is 1. The monoisotopic (exact) mass is 318 g/mol. The third-order valence-electron chi connectivity index (χ3n) is 4.74. The van der Waals surface area contributed by atoms with Crippen molar-refractivity contribution in [3.05, 3.63) is 45.6 Å². The first-order valence-corrected chi connectivity index (χ1v) is 7.73. The van der Waals surface area contributed by atoms with Crippen molar-refractivity contribution in [1.82, 2.24) is 9.88 Å². The molecule has 1 aliphatic rings. The fourth-order valence-corrected chi connectivity index (χ4v) is 3.60. The molecular formula is C17H19FN2O3. The van der Waals surface area contributed by atoms with Crippen LogP contribution in [0.1, 0.15) is 41.9 Å².